The zero-order valence-electron chi connectivity index (χ0n) is 44.2. The molecule has 0 spiro atoms. The first-order valence-electron chi connectivity index (χ1n) is 29.0. The lowest BCUT2D eigenvalue weighted by molar-refractivity contribution is -0.166. The number of allylic oxidation sites excluding steroid dienone is 6. The van der Waals surface area contributed by atoms with E-state index in [1.54, 1.807) is 0 Å². The highest BCUT2D eigenvalue weighted by molar-refractivity contribution is 5.71. The molecule has 1 atom stereocenters. The topological polar surface area (TPSA) is 78.9 Å². The Kier molecular flexibility index (Phi) is 53.2. The Hall–Kier alpha value is -2.37. The molecule has 0 fully saturated rings. The molecule has 0 aromatic heterocycles. The molecule has 0 heterocycles. The van der Waals surface area contributed by atoms with Crippen LogP contribution in [-0.2, 0) is 28.6 Å². The average Bonchev–Trinajstić information content (AvgIpc) is 3.31. The molecule has 0 saturated heterocycles. The van der Waals surface area contributed by atoms with Gasteiger partial charge in [-0.05, 0) is 64.2 Å². The molecule has 0 aliphatic rings. The minimum Gasteiger partial charge on any atom is -0.462 e. The highest BCUT2D eigenvalue weighted by atomic mass is 16.6. The highest BCUT2D eigenvalue weighted by Gasteiger charge is 2.19. The minimum atomic E-state index is -0.795. The van der Waals surface area contributed by atoms with Crippen molar-refractivity contribution in [2.45, 2.75) is 316 Å². The maximum atomic E-state index is 12.8. The minimum absolute atomic E-state index is 0.0900. The summed E-state index contributed by atoms with van der Waals surface area (Å²) in [5.74, 6) is -0.951. The second-order valence-electron chi connectivity index (χ2n) is 19.6. The fourth-order valence-corrected chi connectivity index (χ4v) is 8.49. The van der Waals surface area contributed by atoms with Crippen LogP contribution in [0.25, 0.3) is 0 Å². The Labute approximate surface area is 410 Å². The number of carbonyl (C=O) groups excluding carboxylic acids is 3. The van der Waals surface area contributed by atoms with E-state index in [1.807, 2.05) is 6.08 Å². The zero-order valence-corrected chi connectivity index (χ0v) is 44.2. The fourth-order valence-electron chi connectivity index (χ4n) is 8.49. The summed E-state index contributed by atoms with van der Waals surface area (Å²) in [6.45, 7) is 6.61. The molecule has 6 heteroatoms. The van der Waals surface area contributed by atoms with Crippen LogP contribution in [0.3, 0.4) is 0 Å². The van der Waals surface area contributed by atoms with Crippen LogP contribution >= 0.6 is 0 Å². The van der Waals surface area contributed by atoms with Gasteiger partial charge >= 0.3 is 17.9 Å². The Morgan fingerprint density at radius 2 is 0.576 bits per heavy atom. The van der Waals surface area contributed by atoms with E-state index in [0.717, 1.165) is 57.8 Å². The van der Waals surface area contributed by atoms with E-state index in [1.165, 1.54) is 205 Å². The van der Waals surface area contributed by atoms with Crippen molar-refractivity contribution in [3.8, 4) is 0 Å². The van der Waals surface area contributed by atoms with E-state index in [2.05, 4.69) is 51.2 Å². The lowest BCUT2D eigenvalue weighted by Crippen LogP contribution is -2.30. The standard InChI is InChI=1S/C60H110O6/c1-4-7-10-13-16-19-22-25-27-29-31-32-35-38-41-44-47-50-53-59(62)65-56-57(55-64-58(61)52-49-46-43-40-37-34-24-21-18-15-12-9-6-3)66-60(63)54-51-48-45-42-39-36-33-30-28-26-23-20-17-14-11-8-5-2/h31-32,34,37,43,46,57H,4-30,33,35-36,38-42,44-45,47-56H2,1-3H3/b32-31+,37-34+,46-43+. The van der Waals surface area contributed by atoms with Gasteiger partial charge in [0.05, 0.1) is 0 Å². The average molecular weight is 928 g/mol. The molecule has 0 bridgehead atoms. The molecule has 0 aliphatic carbocycles. The van der Waals surface area contributed by atoms with Gasteiger partial charge in [0.25, 0.3) is 0 Å². The van der Waals surface area contributed by atoms with Gasteiger partial charge < -0.3 is 14.2 Å². The lowest BCUT2D eigenvalue weighted by Gasteiger charge is -2.18. The molecule has 6 nitrogen and oxygen atoms in total. The first kappa shape index (κ1) is 63.6. The Balaban J connectivity index is 4.38. The van der Waals surface area contributed by atoms with Crippen LogP contribution in [0.4, 0.5) is 0 Å². The Bertz CT molecular complexity index is 1110. The first-order chi connectivity index (χ1) is 32.5. The summed E-state index contributed by atoms with van der Waals surface area (Å²) in [6.07, 6.45) is 65.8. The van der Waals surface area contributed by atoms with Crippen molar-refractivity contribution in [3.05, 3.63) is 36.5 Å². The molecular formula is C60H110O6. The van der Waals surface area contributed by atoms with Crippen molar-refractivity contribution in [1.82, 2.24) is 0 Å². The normalized spacial score (nSPS) is 12.2. The lowest BCUT2D eigenvalue weighted by atomic mass is 10.0. The van der Waals surface area contributed by atoms with Crippen LogP contribution in [0.1, 0.15) is 310 Å². The van der Waals surface area contributed by atoms with Crippen molar-refractivity contribution in [1.29, 1.82) is 0 Å². The van der Waals surface area contributed by atoms with Gasteiger partial charge in [-0.15, -0.1) is 0 Å². The predicted octanol–water partition coefficient (Wildman–Crippen LogP) is 19.3. The van der Waals surface area contributed by atoms with Gasteiger partial charge in [-0.25, -0.2) is 0 Å². The van der Waals surface area contributed by atoms with Crippen molar-refractivity contribution in [2.24, 2.45) is 0 Å². The quantitative estimate of drug-likeness (QED) is 0.0262. The van der Waals surface area contributed by atoms with E-state index >= 15 is 0 Å². The van der Waals surface area contributed by atoms with E-state index in [9.17, 15) is 14.4 Å². The van der Waals surface area contributed by atoms with Crippen LogP contribution in [0, 0.1) is 0 Å². The second-order valence-corrected chi connectivity index (χ2v) is 19.6. The molecule has 0 saturated carbocycles. The van der Waals surface area contributed by atoms with Crippen molar-refractivity contribution < 1.29 is 28.6 Å². The predicted molar refractivity (Wildman–Crippen MR) is 284 cm³/mol. The summed E-state index contributed by atoms with van der Waals surface area (Å²) in [7, 11) is 0. The smallest absolute Gasteiger partial charge is 0.306 e. The van der Waals surface area contributed by atoms with Crippen molar-refractivity contribution in [3.63, 3.8) is 0 Å². The number of esters is 3. The summed E-state index contributed by atoms with van der Waals surface area (Å²) in [5, 5.41) is 0. The molecule has 0 aliphatic heterocycles. The molecular weight excluding hydrogens is 817 g/mol. The van der Waals surface area contributed by atoms with E-state index in [0.29, 0.717) is 19.3 Å². The number of rotatable bonds is 53. The van der Waals surface area contributed by atoms with Crippen LogP contribution in [0.15, 0.2) is 36.5 Å². The number of carbonyl (C=O) groups is 3. The monoisotopic (exact) mass is 927 g/mol. The Morgan fingerprint density at radius 3 is 0.939 bits per heavy atom. The molecule has 0 aromatic rings. The van der Waals surface area contributed by atoms with Gasteiger partial charge in [0.1, 0.15) is 13.2 Å². The zero-order chi connectivity index (χ0) is 47.9. The molecule has 1 unspecified atom stereocenters. The van der Waals surface area contributed by atoms with Crippen LogP contribution in [0.2, 0.25) is 0 Å². The fraction of sp³-hybridized carbons (Fsp3) is 0.850. The number of ether oxygens (including phenoxy) is 3. The third-order valence-corrected chi connectivity index (χ3v) is 12.9. The summed E-state index contributed by atoms with van der Waals surface area (Å²) >= 11 is 0. The Morgan fingerprint density at radius 1 is 0.303 bits per heavy atom. The maximum absolute atomic E-state index is 12.8. The van der Waals surface area contributed by atoms with E-state index in [-0.39, 0.29) is 37.5 Å². The third-order valence-electron chi connectivity index (χ3n) is 12.9. The second kappa shape index (κ2) is 55.2. The van der Waals surface area contributed by atoms with Gasteiger partial charge in [-0.3, -0.25) is 14.4 Å². The SMILES string of the molecule is CCCCCCCC/C=C/C/C=C/CCC(=O)OCC(COC(=O)CCCCCCC/C=C/CCCCCCCCCCC)OC(=O)CCCCCCCCCCCCCCCCCCC. The van der Waals surface area contributed by atoms with Crippen LogP contribution < -0.4 is 0 Å². The summed E-state index contributed by atoms with van der Waals surface area (Å²) in [5.41, 5.74) is 0. The molecule has 0 rings (SSSR count). The molecule has 0 radical (unpaired) electrons. The van der Waals surface area contributed by atoms with Gasteiger partial charge in [-0.1, -0.05) is 263 Å². The largest absolute Gasteiger partial charge is 0.462 e. The van der Waals surface area contributed by atoms with E-state index in [4.69, 9.17) is 14.2 Å². The van der Waals surface area contributed by atoms with Gasteiger partial charge in [0, 0.05) is 19.3 Å². The third kappa shape index (κ3) is 52.6. The number of unbranched alkanes of at least 4 members (excludes halogenated alkanes) is 36. The first-order valence-corrected chi connectivity index (χ1v) is 29.0. The van der Waals surface area contributed by atoms with Crippen molar-refractivity contribution in [2.75, 3.05) is 13.2 Å². The molecule has 0 N–H and O–H groups in total. The molecule has 386 valence electrons. The molecule has 66 heavy (non-hydrogen) atoms. The number of hydrogen-bond acceptors (Lipinski definition) is 6. The summed E-state index contributed by atoms with van der Waals surface area (Å²) in [6, 6.07) is 0. The van der Waals surface area contributed by atoms with Crippen LogP contribution in [-0.4, -0.2) is 37.2 Å². The van der Waals surface area contributed by atoms with Gasteiger partial charge in [-0.2, -0.15) is 0 Å². The summed E-state index contributed by atoms with van der Waals surface area (Å²) < 4.78 is 16.8. The highest BCUT2D eigenvalue weighted by Crippen LogP contribution is 2.16. The maximum Gasteiger partial charge on any atom is 0.306 e. The van der Waals surface area contributed by atoms with Gasteiger partial charge in [0.2, 0.25) is 0 Å². The number of hydrogen-bond donors (Lipinski definition) is 0. The molecule has 0 aromatic carbocycles. The molecule has 0 amide bonds. The van der Waals surface area contributed by atoms with E-state index < -0.39 is 6.10 Å². The van der Waals surface area contributed by atoms with Crippen molar-refractivity contribution >= 4 is 17.9 Å². The van der Waals surface area contributed by atoms with Gasteiger partial charge in [0.15, 0.2) is 6.10 Å². The van der Waals surface area contributed by atoms with Crippen LogP contribution in [0.5, 0.6) is 0 Å². The summed E-state index contributed by atoms with van der Waals surface area (Å²) in [4.78, 5) is 38.1.